The lowest BCUT2D eigenvalue weighted by Crippen LogP contribution is -2.51. The van der Waals surface area contributed by atoms with Gasteiger partial charge in [0.1, 0.15) is 5.65 Å². The van der Waals surface area contributed by atoms with Gasteiger partial charge in [0.05, 0.1) is 11.4 Å². The van der Waals surface area contributed by atoms with Crippen LogP contribution >= 0.6 is 0 Å². The molecule has 0 spiro atoms. The fourth-order valence-corrected chi connectivity index (χ4v) is 7.57. The predicted octanol–water partition coefficient (Wildman–Crippen LogP) is 5.94. The van der Waals surface area contributed by atoms with Crippen LogP contribution in [0.25, 0.3) is 21.9 Å². The Morgan fingerprint density at radius 2 is 1.71 bits per heavy atom. The van der Waals surface area contributed by atoms with E-state index in [1.807, 2.05) is 13.0 Å². The van der Waals surface area contributed by atoms with Crippen LogP contribution in [0.1, 0.15) is 66.5 Å². The van der Waals surface area contributed by atoms with Crippen LogP contribution in [0.5, 0.6) is 0 Å². The maximum atomic E-state index is 14.1. The lowest BCUT2D eigenvalue weighted by atomic mass is 9.80. The van der Waals surface area contributed by atoms with Crippen LogP contribution in [0.15, 0.2) is 48.5 Å². The van der Waals surface area contributed by atoms with Gasteiger partial charge < -0.3 is 19.3 Å². The van der Waals surface area contributed by atoms with E-state index in [0.29, 0.717) is 26.2 Å². The van der Waals surface area contributed by atoms with Gasteiger partial charge >= 0.3 is 5.97 Å². The van der Waals surface area contributed by atoms with Crippen molar-refractivity contribution in [2.75, 3.05) is 45.9 Å². The lowest BCUT2D eigenvalue weighted by molar-refractivity contribution is -0.137. The third kappa shape index (κ3) is 6.49. The fourth-order valence-electron chi connectivity index (χ4n) is 7.57. The second-order valence-electron chi connectivity index (χ2n) is 12.8. The molecule has 0 radical (unpaired) electrons. The SMILES string of the molecule is CCCN1CCN(C(=O)C(c2ccc(Cn3c4ccccc4c4c(C)c(CCC(=O)O)c(C)nc43)cc2)C2CCOCC2)CC1. The van der Waals surface area contributed by atoms with Crippen molar-refractivity contribution in [3.05, 3.63) is 76.5 Å². The topological polar surface area (TPSA) is 87.9 Å². The molecule has 45 heavy (non-hydrogen) atoms. The molecule has 4 heterocycles. The second kappa shape index (κ2) is 13.7. The number of ether oxygens (including phenoxy) is 1. The number of nitrogens with zero attached hydrogens (tertiary/aromatic N) is 4. The van der Waals surface area contributed by atoms with E-state index in [-0.39, 0.29) is 24.2 Å². The van der Waals surface area contributed by atoms with Crippen LogP contribution < -0.4 is 0 Å². The summed E-state index contributed by atoms with van der Waals surface area (Å²) in [4.78, 5) is 35.0. The van der Waals surface area contributed by atoms with Crippen molar-refractivity contribution in [2.24, 2.45) is 5.92 Å². The van der Waals surface area contributed by atoms with Crippen molar-refractivity contribution in [1.29, 1.82) is 0 Å². The van der Waals surface area contributed by atoms with Gasteiger partial charge in [0.15, 0.2) is 0 Å². The van der Waals surface area contributed by atoms with E-state index in [0.717, 1.165) is 102 Å². The van der Waals surface area contributed by atoms with E-state index in [4.69, 9.17) is 9.72 Å². The Labute approximate surface area is 266 Å². The van der Waals surface area contributed by atoms with Gasteiger partial charge in [-0.25, -0.2) is 4.98 Å². The molecule has 1 amide bonds. The van der Waals surface area contributed by atoms with E-state index in [1.54, 1.807) is 0 Å². The number of hydrogen-bond acceptors (Lipinski definition) is 5. The maximum Gasteiger partial charge on any atom is 0.303 e. The van der Waals surface area contributed by atoms with Crippen molar-refractivity contribution < 1.29 is 19.4 Å². The van der Waals surface area contributed by atoms with Crippen molar-refractivity contribution in [3.63, 3.8) is 0 Å². The number of piperazine rings is 1. The van der Waals surface area contributed by atoms with Gasteiger partial charge in [-0.2, -0.15) is 0 Å². The minimum Gasteiger partial charge on any atom is -0.481 e. The first-order valence-corrected chi connectivity index (χ1v) is 16.6. The highest BCUT2D eigenvalue weighted by Crippen LogP contribution is 2.36. The molecule has 8 heteroatoms. The predicted molar refractivity (Wildman–Crippen MR) is 178 cm³/mol. The number of carboxylic acid groups (broad SMARTS) is 1. The lowest BCUT2D eigenvalue weighted by Gasteiger charge is -2.39. The number of para-hydroxylation sites is 1. The van der Waals surface area contributed by atoms with Gasteiger partial charge in [0.2, 0.25) is 5.91 Å². The van der Waals surface area contributed by atoms with Crippen LogP contribution in [0.4, 0.5) is 0 Å². The number of benzene rings is 2. The highest BCUT2D eigenvalue weighted by atomic mass is 16.5. The molecule has 238 valence electrons. The standard InChI is InChI=1S/C37H46N4O4/c1-4-17-39-18-20-40(21-19-39)37(44)35(29-15-22-45-23-16-29)28-11-9-27(10-12-28)24-41-32-8-6-5-7-31(32)34-25(2)30(13-14-33(42)43)26(3)38-36(34)41/h5-12,29,35H,4,13-24H2,1-3H3,(H,42,43). The third-order valence-corrected chi connectivity index (χ3v) is 9.98. The van der Waals surface area contributed by atoms with Gasteiger partial charge in [-0.3, -0.25) is 14.5 Å². The number of hydrogen-bond donors (Lipinski definition) is 1. The van der Waals surface area contributed by atoms with Gasteiger partial charge in [-0.05, 0) is 80.3 Å². The largest absolute Gasteiger partial charge is 0.481 e. The molecule has 1 unspecified atom stereocenters. The highest BCUT2D eigenvalue weighted by molar-refractivity contribution is 6.08. The van der Waals surface area contributed by atoms with Gasteiger partial charge in [-0.15, -0.1) is 0 Å². The minimum atomic E-state index is -0.796. The molecule has 2 aliphatic rings. The average Bonchev–Trinajstić information content (AvgIpc) is 3.35. The summed E-state index contributed by atoms with van der Waals surface area (Å²) in [6, 6.07) is 17.1. The highest BCUT2D eigenvalue weighted by Gasteiger charge is 2.35. The summed E-state index contributed by atoms with van der Waals surface area (Å²) in [6.07, 6.45) is 3.52. The van der Waals surface area contributed by atoms with Crippen molar-refractivity contribution in [2.45, 2.75) is 65.3 Å². The Hall–Kier alpha value is -3.75. The van der Waals surface area contributed by atoms with Crippen LogP contribution in [0.3, 0.4) is 0 Å². The number of carbonyl (C=O) groups excluding carboxylic acids is 1. The van der Waals surface area contributed by atoms with E-state index < -0.39 is 5.97 Å². The Morgan fingerprint density at radius 3 is 2.40 bits per heavy atom. The number of aromatic nitrogens is 2. The summed E-state index contributed by atoms with van der Waals surface area (Å²) in [5, 5.41) is 11.5. The zero-order chi connectivity index (χ0) is 31.5. The van der Waals surface area contributed by atoms with E-state index in [1.165, 1.54) is 0 Å². The average molecular weight is 611 g/mol. The molecule has 0 saturated carbocycles. The van der Waals surface area contributed by atoms with Crippen molar-refractivity contribution >= 4 is 33.8 Å². The molecule has 4 aromatic rings. The summed E-state index contributed by atoms with van der Waals surface area (Å²) in [6.45, 7) is 13.0. The minimum absolute atomic E-state index is 0.0896. The third-order valence-electron chi connectivity index (χ3n) is 9.98. The molecule has 1 N–H and O–H groups in total. The summed E-state index contributed by atoms with van der Waals surface area (Å²) in [5.74, 6) is -0.393. The Bertz CT molecular complexity index is 1660. The Morgan fingerprint density at radius 1 is 1.00 bits per heavy atom. The van der Waals surface area contributed by atoms with Crippen LogP contribution in [0, 0.1) is 19.8 Å². The molecule has 8 nitrogen and oxygen atoms in total. The molecule has 2 saturated heterocycles. The number of carbonyl (C=O) groups is 2. The van der Waals surface area contributed by atoms with Crippen LogP contribution in [0.2, 0.25) is 0 Å². The second-order valence-corrected chi connectivity index (χ2v) is 12.8. The number of amides is 1. The number of fused-ring (bicyclic) bond motifs is 3. The van der Waals surface area contributed by atoms with Gasteiger partial charge in [-0.1, -0.05) is 49.4 Å². The molecule has 2 fully saturated rings. The van der Waals surface area contributed by atoms with Crippen LogP contribution in [-0.2, 0) is 27.3 Å². The molecule has 0 bridgehead atoms. The smallest absolute Gasteiger partial charge is 0.303 e. The molecular formula is C37H46N4O4. The van der Waals surface area contributed by atoms with Gasteiger partial charge in [0, 0.05) is 68.8 Å². The fraction of sp³-hybridized carbons (Fsp3) is 0.486. The summed E-state index contributed by atoms with van der Waals surface area (Å²) in [5.41, 5.74) is 7.30. The maximum absolute atomic E-state index is 14.1. The molecule has 2 aliphatic heterocycles. The van der Waals surface area contributed by atoms with Gasteiger partial charge in [0.25, 0.3) is 0 Å². The van der Waals surface area contributed by atoms with Crippen LogP contribution in [-0.4, -0.2) is 82.3 Å². The summed E-state index contributed by atoms with van der Waals surface area (Å²) in [7, 11) is 0. The first kappa shape index (κ1) is 31.2. The zero-order valence-electron chi connectivity index (χ0n) is 26.9. The van der Waals surface area contributed by atoms with E-state index in [2.05, 4.69) is 70.7 Å². The molecule has 6 rings (SSSR count). The Balaban J connectivity index is 1.30. The number of aryl methyl sites for hydroxylation is 2. The molecular weight excluding hydrogens is 564 g/mol. The number of rotatable bonds is 10. The van der Waals surface area contributed by atoms with Crippen molar-refractivity contribution in [3.8, 4) is 0 Å². The summed E-state index contributed by atoms with van der Waals surface area (Å²) >= 11 is 0. The molecule has 2 aromatic carbocycles. The molecule has 2 aromatic heterocycles. The summed E-state index contributed by atoms with van der Waals surface area (Å²) < 4.78 is 7.96. The molecule has 0 aliphatic carbocycles. The number of aliphatic carboxylic acids is 1. The van der Waals surface area contributed by atoms with E-state index >= 15 is 0 Å². The first-order valence-electron chi connectivity index (χ1n) is 16.6. The normalized spacial score (nSPS) is 17.3. The zero-order valence-corrected chi connectivity index (χ0v) is 26.9. The molecule has 1 atom stereocenters. The van der Waals surface area contributed by atoms with Crippen molar-refractivity contribution in [1.82, 2.24) is 19.4 Å². The number of carboxylic acids is 1. The Kier molecular flexibility index (Phi) is 9.52. The first-order chi connectivity index (χ1) is 21.9. The quantitative estimate of drug-likeness (QED) is 0.239. The monoisotopic (exact) mass is 610 g/mol. The number of pyridine rings is 1. The van der Waals surface area contributed by atoms with E-state index in [9.17, 15) is 14.7 Å².